The summed E-state index contributed by atoms with van der Waals surface area (Å²) >= 11 is 0. The fraction of sp³-hybridized carbons (Fsp3) is 0.364. The van der Waals surface area contributed by atoms with Crippen LogP contribution < -0.4 is 5.32 Å². The Morgan fingerprint density at radius 3 is 2.59 bits per heavy atom. The molecular formula is C11H11F4NO. The van der Waals surface area contributed by atoms with Gasteiger partial charge in [-0.05, 0) is 18.1 Å². The van der Waals surface area contributed by atoms with Gasteiger partial charge in [-0.25, -0.2) is 4.39 Å². The molecule has 0 radical (unpaired) electrons. The van der Waals surface area contributed by atoms with Crippen LogP contribution in [0.3, 0.4) is 0 Å². The second-order valence-corrected chi connectivity index (χ2v) is 3.43. The molecule has 0 aromatic heterocycles. The van der Waals surface area contributed by atoms with E-state index in [9.17, 15) is 22.4 Å². The van der Waals surface area contributed by atoms with Crippen LogP contribution in [0.4, 0.5) is 17.6 Å². The molecule has 0 atom stereocenters. The summed E-state index contributed by atoms with van der Waals surface area (Å²) in [5.41, 5.74) is -0.286. The lowest BCUT2D eigenvalue weighted by Crippen LogP contribution is -2.26. The molecule has 0 saturated heterocycles. The number of nitrogens with one attached hydrogen (secondary N) is 1. The van der Waals surface area contributed by atoms with Crippen LogP contribution in [0.2, 0.25) is 0 Å². The monoisotopic (exact) mass is 249 g/mol. The summed E-state index contributed by atoms with van der Waals surface area (Å²) in [6.45, 7) is -1.01. The second-order valence-electron chi connectivity index (χ2n) is 3.43. The highest BCUT2D eigenvalue weighted by Crippen LogP contribution is 2.29. The summed E-state index contributed by atoms with van der Waals surface area (Å²) in [6, 6.07) is 4.82. The molecule has 1 rings (SSSR count). The van der Waals surface area contributed by atoms with Crippen LogP contribution in [-0.4, -0.2) is 19.1 Å². The number of benzene rings is 1. The van der Waals surface area contributed by atoms with Crippen molar-refractivity contribution in [1.82, 2.24) is 5.32 Å². The molecule has 6 heteroatoms. The molecular weight excluding hydrogens is 238 g/mol. The van der Waals surface area contributed by atoms with Gasteiger partial charge >= 0.3 is 6.18 Å². The van der Waals surface area contributed by atoms with Crippen molar-refractivity contribution in [1.29, 1.82) is 0 Å². The largest absolute Gasteiger partial charge is 0.416 e. The fourth-order valence-electron chi connectivity index (χ4n) is 1.30. The lowest BCUT2D eigenvalue weighted by atomic mass is 10.1. The standard InChI is InChI=1S/C11H11F4NO/c12-7-10(17)16-5-4-8-2-1-3-9(6-8)11(13,14)15/h1-3,6H,4-5,7H2,(H,16,17). The van der Waals surface area contributed by atoms with Crippen LogP contribution in [0.5, 0.6) is 0 Å². The molecule has 1 aromatic rings. The minimum Gasteiger partial charge on any atom is -0.353 e. The van der Waals surface area contributed by atoms with Gasteiger partial charge in [-0.2, -0.15) is 13.2 Å². The van der Waals surface area contributed by atoms with Gasteiger partial charge in [-0.3, -0.25) is 4.79 Å². The fourth-order valence-corrected chi connectivity index (χ4v) is 1.30. The highest BCUT2D eigenvalue weighted by molar-refractivity contribution is 5.76. The first-order valence-corrected chi connectivity index (χ1v) is 4.92. The molecule has 0 aliphatic heterocycles. The van der Waals surface area contributed by atoms with Crippen molar-refractivity contribution < 1.29 is 22.4 Å². The Hall–Kier alpha value is -1.59. The number of rotatable bonds is 4. The second kappa shape index (κ2) is 5.65. The summed E-state index contributed by atoms with van der Waals surface area (Å²) in [5, 5.41) is 2.24. The Morgan fingerprint density at radius 1 is 1.29 bits per heavy atom. The molecule has 0 fully saturated rings. The Morgan fingerprint density at radius 2 is 2.00 bits per heavy atom. The van der Waals surface area contributed by atoms with Crippen LogP contribution >= 0.6 is 0 Å². The van der Waals surface area contributed by atoms with Crippen LogP contribution in [0.15, 0.2) is 24.3 Å². The number of amides is 1. The van der Waals surface area contributed by atoms with Gasteiger partial charge in [0.2, 0.25) is 0 Å². The lowest BCUT2D eigenvalue weighted by molar-refractivity contribution is -0.137. The van der Waals surface area contributed by atoms with E-state index in [-0.39, 0.29) is 13.0 Å². The van der Waals surface area contributed by atoms with E-state index < -0.39 is 24.3 Å². The molecule has 0 unspecified atom stereocenters. The Kier molecular flexibility index (Phi) is 4.48. The van der Waals surface area contributed by atoms with E-state index in [4.69, 9.17) is 0 Å². The molecule has 1 amide bonds. The number of hydrogen-bond donors (Lipinski definition) is 1. The molecule has 94 valence electrons. The van der Waals surface area contributed by atoms with Crippen molar-refractivity contribution in [2.75, 3.05) is 13.2 Å². The van der Waals surface area contributed by atoms with E-state index in [1.165, 1.54) is 12.1 Å². The van der Waals surface area contributed by atoms with E-state index in [2.05, 4.69) is 5.32 Å². The lowest BCUT2D eigenvalue weighted by Gasteiger charge is -2.08. The minimum absolute atomic E-state index is 0.115. The zero-order valence-corrected chi connectivity index (χ0v) is 8.85. The summed E-state index contributed by atoms with van der Waals surface area (Å²) in [7, 11) is 0. The van der Waals surface area contributed by atoms with Crippen LogP contribution in [-0.2, 0) is 17.4 Å². The van der Waals surface area contributed by atoms with E-state index in [0.29, 0.717) is 5.56 Å². The number of halogens is 4. The topological polar surface area (TPSA) is 29.1 Å². The summed E-state index contributed by atoms with van der Waals surface area (Å²) < 4.78 is 48.8. The third kappa shape index (κ3) is 4.42. The van der Waals surface area contributed by atoms with Gasteiger partial charge in [-0.1, -0.05) is 18.2 Å². The van der Waals surface area contributed by atoms with Crippen molar-refractivity contribution in [2.24, 2.45) is 0 Å². The maximum atomic E-state index is 12.4. The molecule has 0 spiro atoms. The van der Waals surface area contributed by atoms with E-state index in [1.54, 1.807) is 0 Å². The van der Waals surface area contributed by atoms with E-state index in [0.717, 1.165) is 12.1 Å². The SMILES string of the molecule is O=C(CF)NCCc1cccc(C(F)(F)F)c1. The first kappa shape index (κ1) is 13.5. The highest BCUT2D eigenvalue weighted by Gasteiger charge is 2.30. The number of hydrogen-bond acceptors (Lipinski definition) is 1. The smallest absolute Gasteiger partial charge is 0.353 e. The van der Waals surface area contributed by atoms with E-state index >= 15 is 0 Å². The zero-order valence-electron chi connectivity index (χ0n) is 8.85. The molecule has 0 heterocycles. The third-order valence-electron chi connectivity index (χ3n) is 2.11. The molecule has 1 N–H and O–H groups in total. The first-order chi connectivity index (χ1) is 7.93. The first-order valence-electron chi connectivity index (χ1n) is 4.92. The quantitative estimate of drug-likeness (QED) is 0.815. The van der Waals surface area contributed by atoms with Gasteiger partial charge < -0.3 is 5.32 Å². The van der Waals surface area contributed by atoms with Crippen molar-refractivity contribution in [2.45, 2.75) is 12.6 Å². The highest BCUT2D eigenvalue weighted by atomic mass is 19.4. The Bertz CT molecular complexity index is 389. The summed E-state index contributed by atoms with van der Waals surface area (Å²) in [4.78, 5) is 10.6. The number of carbonyl (C=O) groups is 1. The molecule has 0 aliphatic rings. The van der Waals surface area contributed by atoms with Gasteiger partial charge in [0.25, 0.3) is 5.91 Å². The Labute approximate surface area is 95.6 Å². The van der Waals surface area contributed by atoms with Crippen molar-refractivity contribution in [3.05, 3.63) is 35.4 Å². The maximum absolute atomic E-state index is 12.4. The number of carbonyl (C=O) groups excluding carboxylic acids is 1. The predicted octanol–water partition coefficient (Wildman–Crippen LogP) is 2.33. The molecule has 0 aliphatic carbocycles. The maximum Gasteiger partial charge on any atom is 0.416 e. The van der Waals surface area contributed by atoms with Gasteiger partial charge in [0.05, 0.1) is 5.56 Å². The van der Waals surface area contributed by atoms with Gasteiger partial charge in [0.1, 0.15) is 0 Å². The zero-order chi connectivity index (χ0) is 12.9. The normalized spacial score (nSPS) is 11.3. The molecule has 2 nitrogen and oxygen atoms in total. The predicted molar refractivity (Wildman–Crippen MR) is 54.1 cm³/mol. The molecule has 1 aromatic carbocycles. The van der Waals surface area contributed by atoms with Crippen LogP contribution in [0, 0.1) is 0 Å². The molecule has 17 heavy (non-hydrogen) atoms. The Balaban J connectivity index is 2.58. The van der Waals surface area contributed by atoms with Crippen molar-refractivity contribution in [3.8, 4) is 0 Å². The minimum atomic E-state index is -4.38. The van der Waals surface area contributed by atoms with Crippen molar-refractivity contribution >= 4 is 5.91 Å². The van der Waals surface area contributed by atoms with Crippen molar-refractivity contribution in [3.63, 3.8) is 0 Å². The van der Waals surface area contributed by atoms with Gasteiger partial charge in [0, 0.05) is 6.54 Å². The summed E-state index contributed by atoms with van der Waals surface area (Å²) in [5.74, 6) is -0.767. The average Bonchev–Trinajstić information content (AvgIpc) is 2.28. The van der Waals surface area contributed by atoms with Gasteiger partial charge in [-0.15, -0.1) is 0 Å². The van der Waals surface area contributed by atoms with Crippen LogP contribution in [0.25, 0.3) is 0 Å². The molecule has 0 saturated carbocycles. The van der Waals surface area contributed by atoms with Crippen LogP contribution in [0.1, 0.15) is 11.1 Å². The van der Waals surface area contributed by atoms with E-state index in [1.807, 2.05) is 0 Å². The third-order valence-corrected chi connectivity index (χ3v) is 2.11. The summed E-state index contributed by atoms with van der Waals surface area (Å²) in [6.07, 6.45) is -4.14. The van der Waals surface area contributed by atoms with Gasteiger partial charge in [0.15, 0.2) is 6.67 Å². The average molecular weight is 249 g/mol. The number of alkyl halides is 4. The molecule has 0 bridgehead atoms.